The molecule has 2 amide bonds. The van der Waals surface area contributed by atoms with Gasteiger partial charge in [0.15, 0.2) is 0 Å². The van der Waals surface area contributed by atoms with Crippen LogP contribution in [0.2, 0.25) is 0 Å². The van der Waals surface area contributed by atoms with Gasteiger partial charge in [-0.25, -0.2) is 0 Å². The van der Waals surface area contributed by atoms with Crippen molar-refractivity contribution in [3.05, 3.63) is 0 Å². The average Bonchev–Trinajstić information content (AvgIpc) is 2.43. The Kier molecular flexibility index (Phi) is 6.13. The molecule has 1 fully saturated rings. The Balaban J connectivity index is 2.37. The molecular weight excluding hydrogens is 258 g/mol. The van der Waals surface area contributed by atoms with Gasteiger partial charge in [0.25, 0.3) is 5.91 Å². The number of hydrogen-bond donors (Lipinski definition) is 1. The Morgan fingerprint density at radius 1 is 1.05 bits per heavy atom. The van der Waals surface area contributed by atoms with Gasteiger partial charge in [0, 0.05) is 32.1 Å². The third-order valence-corrected chi connectivity index (χ3v) is 3.89. The maximum atomic E-state index is 11.9. The Morgan fingerprint density at radius 3 is 2.10 bits per heavy atom. The summed E-state index contributed by atoms with van der Waals surface area (Å²) in [7, 11) is 2.01. The van der Waals surface area contributed by atoms with Crippen LogP contribution in [-0.4, -0.2) is 67.2 Å². The van der Waals surface area contributed by atoms with E-state index in [1.165, 1.54) is 0 Å². The lowest BCUT2D eigenvalue weighted by Crippen LogP contribution is -2.50. The number of carbonyl (C=O) groups excluding carboxylic acids is 3. The molecule has 1 aliphatic rings. The molecule has 0 spiro atoms. The molecule has 0 unspecified atom stereocenters. The van der Waals surface area contributed by atoms with Gasteiger partial charge in [0.05, 0.1) is 6.54 Å². The summed E-state index contributed by atoms with van der Waals surface area (Å²) in [5.41, 5.74) is 0. The summed E-state index contributed by atoms with van der Waals surface area (Å²) < 4.78 is 0. The molecule has 0 radical (unpaired) electrons. The molecule has 1 saturated heterocycles. The quantitative estimate of drug-likeness (QED) is 0.706. The van der Waals surface area contributed by atoms with E-state index in [9.17, 15) is 14.4 Å². The maximum absolute atomic E-state index is 11.9. The van der Waals surface area contributed by atoms with E-state index in [4.69, 9.17) is 0 Å². The number of carbonyl (C=O) groups is 3. The number of Topliss-reactive ketones (excluding diaryl/α,β-unsaturated/α-hetero) is 1. The van der Waals surface area contributed by atoms with Gasteiger partial charge < -0.3 is 15.1 Å². The van der Waals surface area contributed by atoms with Crippen LogP contribution in [0, 0.1) is 11.8 Å². The predicted molar refractivity (Wildman–Crippen MR) is 76.1 cm³/mol. The average molecular weight is 283 g/mol. The summed E-state index contributed by atoms with van der Waals surface area (Å²) in [4.78, 5) is 39.2. The third-order valence-electron chi connectivity index (χ3n) is 3.89. The normalized spacial score (nSPS) is 17.9. The lowest BCUT2D eigenvalue weighted by molar-refractivity contribution is -0.142. The number of piperazine rings is 1. The van der Waals surface area contributed by atoms with Crippen molar-refractivity contribution in [3.8, 4) is 0 Å². The van der Waals surface area contributed by atoms with Crippen molar-refractivity contribution in [1.82, 2.24) is 15.1 Å². The second-order valence-corrected chi connectivity index (χ2v) is 5.76. The van der Waals surface area contributed by atoms with E-state index in [0.29, 0.717) is 13.1 Å². The molecule has 0 aromatic carbocycles. The fourth-order valence-corrected chi connectivity index (χ4v) is 1.92. The molecule has 6 nitrogen and oxygen atoms in total. The zero-order chi connectivity index (χ0) is 15.3. The van der Waals surface area contributed by atoms with E-state index in [-0.39, 0.29) is 24.3 Å². The zero-order valence-electron chi connectivity index (χ0n) is 12.8. The molecular formula is C14H25N3O3. The number of nitrogens with zero attached hydrogens (tertiary/aromatic N) is 2. The van der Waals surface area contributed by atoms with Crippen LogP contribution in [0.25, 0.3) is 0 Å². The third kappa shape index (κ3) is 4.59. The minimum absolute atomic E-state index is 0.0981. The standard InChI is InChI=1S/C14H25N3O3/c1-10(2)11(3)13(19)14(20)15-9-12(18)17-7-5-16(4)6-8-17/h10-11H,5-9H2,1-4H3,(H,15,20)/t11-/m0/s1. The van der Waals surface area contributed by atoms with E-state index in [1.807, 2.05) is 20.9 Å². The summed E-state index contributed by atoms with van der Waals surface area (Å²) in [5.74, 6) is -1.45. The van der Waals surface area contributed by atoms with E-state index in [0.717, 1.165) is 13.1 Å². The summed E-state index contributed by atoms with van der Waals surface area (Å²) in [6, 6.07) is 0. The van der Waals surface area contributed by atoms with Crippen LogP contribution in [0.1, 0.15) is 20.8 Å². The van der Waals surface area contributed by atoms with Crippen LogP contribution in [0.3, 0.4) is 0 Å². The first-order valence-electron chi connectivity index (χ1n) is 7.11. The summed E-state index contributed by atoms with van der Waals surface area (Å²) in [6.07, 6.45) is 0. The first kappa shape index (κ1) is 16.6. The van der Waals surface area contributed by atoms with Gasteiger partial charge in [-0.15, -0.1) is 0 Å². The van der Waals surface area contributed by atoms with Gasteiger partial charge in [-0.1, -0.05) is 20.8 Å². The van der Waals surface area contributed by atoms with Crippen LogP contribution in [-0.2, 0) is 14.4 Å². The van der Waals surface area contributed by atoms with Crippen LogP contribution < -0.4 is 5.32 Å². The van der Waals surface area contributed by atoms with Crippen molar-refractivity contribution in [3.63, 3.8) is 0 Å². The highest BCUT2D eigenvalue weighted by Gasteiger charge is 2.25. The number of amides is 2. The van der Waals surface area contributed by atoms with Gasteiger partial charge in [0.2, 0.25) is 11.7 Å². The fraction of sp³-hybridized carbons (Fsp3) is 0.786. The van der Waals surface area contributed by atoms with Gasteiger partial charge >= 0.3 is 0 Å². The van der Waals surface area contributed by atoms with Crippen LogP contribution >= 0.6 is 0 Å². The summed E-state index contributed by atoms with van der Waals surface area (Å²) >= 11 is 0. The Hall–Kier alpha value is -1.43. The number of nitrogens with one attached hydrogen (secondary N) is 1. The second-order valence-electron chi connectivity index (χ2n) is 5.76. The van der Waals surface area contributed by atoms with E-state index in [2.05, 4.69) is 10.2 Å². The number of likely N-dealkylation sites (N-methyl/N-ethyl adjacent to an activating group) is 1. The highest BCUT2D eigenvalue weighted by atomic mass is 16.2. The highest BCUT2D eigenvalue weighted by molar-refractivity contribution is 6.37. The van der Waals surface area contributed by atoms with Crippen molar-refractivity contribution < 1.29 is 14.4 Å². The van der Waals surface area contributed by atoms with Crippen LogP contribution in [0.4, 0.5) is 0 Å². The lowest BCUT2D eigenvalue weighted by atomic mass is 9.93. The minimum atomic E-state index is -0.659. The molecule has 0 bridgehead atoms. The van der Waals surface area contributed by atoms with Crippen molar-refractivity contribution in [2.75, 3.05) is 39.8 Å². The second kappa shape index (κ2) is 7.38. The minimum Gasteiger partial charge on any atom is -0.340 e. The molecule has 0 saturated carbocycles. The monoisotopic (exact) mass is 283 g/mol. The Morgan fingerprint density at radius 2 is 1.60 bits per heavy atom. The number of ketones is 1. The van der Waals surface area contributed by atoms with E-state index < -0.39 is 11.7 Å². The Labute approximate surface area is 120 Å². The molecule has 1 heterocycles. The summed E-state index contributed by atoms with van der Waals surface area (Å²) in [6.45, 7) is 8.43. The van der Waals surface area contributed by atoms with Gasteiger partial charge in [-0.3, -0.25) is 14.4 Å². The highest BCUT2D eigenvalue weighted by Crippen LogP contribution is 2.10. The molecule has 1 aliphatic heterocycles. The lowest BCUT2D eigenvalue weighted by Gasteiger charge is -2.32. The number of rotatable bonds is 5. The van der Waals surface area contributed by atoms with Crippen LogP contribution in [0.15, 0.2) is 0 Å². The molecule has 0 aromatic rings. The van der Waals surface area contributed by atoms with Gasteiger partial charge in [-0.2, -0.15) is 0 Å². The molecule has 1 atom stereocenters. The summed E-state index contributed by atoms with van der Waals surface area (Å²) in [5, 5.41) is 2.43. The maximum Gasteiger partial charge on any atom is 0.288 e. The zero-order valence-corrected chi connectivity index (χ0v) is 12.8. The Bertz CT molecular complexity index is 374. The topological polar surface area (TPSA) is 69.7 Å². The van der Waals surface area contributed by atoms with E-state index >= 15 is 0 Å². The van der Waals surface area contributed by atoms with Crippen LogP contribution in [0.5, 0.6) is 0 Å². The molecule has 0 aliphatic carbocycles. The number of hydrogen-bond acceptors (Lipinski definition) is 4. The van der Waals surface area contributed by atoms with Crippen molar-refractivity contribution >= 4 is 17.6 Å². The largest absolute Gasteiger partial charge is 0.340 e. The molecule has 114 valence electrons. The first-order valence-corrected chi connectivity index (χ1v) is 7.11. The molecule has 6 heteroatoms. The van der Waals surface area contributed by atoms with Crippen molar-refractivity contribution in [1.29, 1.82) is 0 Å². The predicted octanol–water partition coefficient (Wildman–Crippen LogP) is -0.262. The van der Waals surface area contributed by atoms with E-state index in [1.54, 1.807) is 11.8 Å². The molecule has 1 rings (SSSR count). The molecule has 0 aromatic heterocycles. The first-order chi connectivity index (χ1) is 9.32. The molecule has 1 N–H and O–H groups in total. The van der Waals surface area contributed by atoms with Gasteiger partial charge in [0.1, 0.15) is 0 Å². The fourth-order valence-electron chi connectivity index (χ4n) is 1.92. The molecule has 20 heavy (non-hydrogen) atoms. The SMILES string of the molecule is CC(C)[C@H](C)C(=O)C(=O)NCC(=O)N1CCN(C)CC1. The van der Waals surface area contributed by atoms with Crippen molar-refractivity contribution in [2.24, 2.45) is 11.8 Å². The van der Waals surface area contributed by atoms with Gasteiger partial charge in [-0.05, 0) is 13.0 Å². The van der Waals surface area contributed by atoms with Crippen molar-refractivity contribution in [2.45, 2.75) is 20.8 Å². The smallest absolute Gasteiger partial charge is 0.288 e.